The maximum absolute atomic E-state index is 12.3. The van der Waals surface area contributed by atoms with Gasteiger partial charge in [-0.2, -0.15) is 0 Å². The van der Waals surface area contributed by atoms with Crippen molar-refractivity contribution in [1.29, 1.82) is 0 Å². The summed E-state index contributed by atoms with van der Waals surface area (Å²) in [6, 6.07) is 0. The average molecular weight is 240 g/mol. The van der Waals surface area contributed by atoms with E-state index in [2.05, 4.69) is 0 Å². The van der Waals surface area contributed by atoms with Crippen molar-refractivity contribution >= 4 is 5.91 Å². The molecule has 3 N–H and O–H groups in total. The lowest BCUT2D eigenvalue weighted by atomic mass is 9.81. The van der Waals surface area contributed by atoms with Crippen molar-refractivity contribution in [2.45, 2.75) is 32.1 Å². The first-order valence-corrected chi connectivity index (χ1v) is 6.84. The minimum atomic E-state index is 0.212. The number of nitrogens with zero attached hydrogens (tertiary/aromatic N) is 1. The van der Waals surface area contributed by atoms with Crippen molar-refractivity contribution in [2.75, 3.05) is 26.2 Å². The van der Waals surface area contributed by atoms with E-state index in [1.165, 1.54) is 0 Å². The predicted molar refractivity (Wildman–Crippen MR) is 66.3 cm³/mol. The summed E-state index contributed by atoms with van der Waals surface area (Å²) in [5.74, 6) is 1.47. The lowest BCUT2D eigenvalue weighted by molar-refractivity contribution is -0.135. The van der Waals surface area contributed by atoms with Gasteiger partial charge in [0.05, 0.1) is 0 Å². The summed E-state index contributed by atoms with van der Waals surface area (Å²) in [4.78, 5) is 14.2. The molecule has 1 saturated heterocycles. The van der Waals surface area contributed by atoms with Crippen LogP contribution < -0.4 is 5.73 Å². The highest BCUT2D eigenvalue weighted by Crippen LogP contribution is 2.30. The van der Waals surface area contributed by atoms with Gasteiger partial charge in [-0.3, -0.25) is 4.79 Å². The van der Waals surface area contributed by atoms with E-state index in [0.717, 1.165) is 51.7 Å². The number of aliphatic hydroxyl groups excluding tert-OH is 1. The monoisotopic (exact) mass is 240 g/mol. The maximum atomic E-state index is 12.3. The molecule has 17 heavy (non-hydrogen) atoms. The first-order valence-electron chi connectivity index (χ1n) is 6.84. The van der Waals surface area contributed by atoms with E-state index in [1.807, 2.05) is 4.90 Å². The zero-order valence-corrected chi connectivity index (χ0v) is 10.5. The van der Waals surface area contributed by atoms with Crippen LogP contribution in [0.25, 0.3) is 0 Å². The van der Waals surface area contributed by atoms with Gasteiger partial charge in [0.15, 0.2) is 0 Å². The van der Waals surface area contributed by atoms with Gasteiger partial charge in [-0.05, 0) is 44.6 Å². The predicted octanol–water partition coefficient (Wildman–Crippen LogP) is 0.592. The molecule has 2 fully saturated rings. The van der Waals surface area contributed by atoms with Gasteiger partial charge >= 0.3 is 0 Å². The second kappa shape index (κ2) is 5.83. The molecule has 0 aromatic rings. The van der Waals surface area contributed by atoms with E-state index in [-0.39, 0.29) is 12.5 Å². The molecule has 1 heterocycles. The van der Waals surface area contributed by atoms with Crippen molar-refractivity contribution in [3.63, 3.8) is 0 Å². The van der Waals surface area contributed by atoms with Crippen LogP contribution in [0.1, 0.15) is 32.1 Å². The van der Waals surface area contributed by atoms with E-state index in [1.54, 1.807) is 0 Å². The van der Waals surface area contributed by atoms with Gasteiger partial charge in [-0.1, -0.05) is 0 Å². The Balaban J connectivity index is 1.81. The molecule has 1 amide bonds. The molecule has 4 nitrogen and oxygen atoms in total. The minimum Gasteiger partial charge on any atom is -0.396 e. The number of carbonyl (C=O) groups is 1. The molecule has 0 bridgehead atoms. The van der Waals surface area contributed by atoms with Gasteiger partial charge in [-0.15, -0.1) is 0 Å². The Morgan fingerprint density at radius 2 is 1.88 bits per heavy atom. The summed E-state index contributed by atoms with van der Waals surface area (Å²) < 4.78 is 0. The quantitative estimate of drug-likeness (QED) is 0.759. The minimum absolute atomic E-state index is 0.212. The second-order valence-electron chi connectivity index (χ2n) is 5.57. The molecule has 2 rings (SSSR count). The second-order valence-corrected chi connectivity index (χ2v) is 5.57. The van der Waals surface area contributed by atoms with Crippen LogP contribution in [0, 0.1) is 17.8 Å². The van der Waals surface area contributed by atoms with Crippen molar-refractivity contribution in [2.24, 2.45) is 23.5 Å². The highest BCUT2D eigenvalue weighted by Gasteiger charge is 2.32. The van der Waals surface area contributed by atoms with E-state index in [0.29, 0.717) is 17.7 Å². The summed E-state index contributed by atoms with van der Waals surface area (Å²) in [5, 5.41) is 9.09. The number of likely N-dealkylation sites (tertiary alicyclic amines) is 1. The number of hydrogen-bond donors (Lipinski definition) is 2. The molecule has 4 heteroatoms. The molecule has 2 aliphatic rings. The van der Waals surface area contributed by atoms with Gasteiger partial charge in [0, 0.05) is 31.5 Å². The van der Waals surface area contributed by atoms with Crippen LogP contribution >= 0.6 is 0 Å². The summed E-state index contributed by atoms with van der Waals surface area (Å²) in [5.41, 5.74) is 5.66. The van der Waals surface area contributed by atoms with Crippen LogP contribution in [-0.4, -0.2) is 42.2 Å². The van der Waals surface area contributed by atoms with Gasteiger partial charge < -0.3 is 15.7 Å². The molecule has 0 aromatic heterocycles. The molecule has 0 spiro atoms. The summed E-state index contributed by atoms with van der Waals surface area (Å²) in [7, 11) is 0. The van der Waals surface area contributed by atoms with Crippen molar-refractivity contribution in [1.82, 2.24) is 4.90 Å². The fraction of sp³-hybridized carbons (Fsp3) is 0.923. The molecule has 0 aromatic carbocycles. The largest absolute Gasteiger partial charge is 0.396 e. The Labute approximate surface area is 103 Å². The van der Waals surface area contributed by atoms with E-state index in [9.17, 15) is 4.79 Å². The molecular weight excluding hydrogens is 216 g/mol. The topological polar surface area (TPSA) is 66.6 Å². The summed E-state index contributed by atoms with van der Waals surface area (Å²) >= 11 is 0. The van der Waals surface area contributed by atoms with Crippen molar-refractivity contribution < 1.29 is 9.90 Å². The third kappa shape index (κ3) is 2.99. The number of nitrogens with two attached hydrogens (primary N) is 1. The van der Waals surface area contributed by atoms with Crippen LogP contribution in [0.4, 0.5) is 0 Å². The maximum Gasteiger partial charge on any atom is 0.225 e. The molecular formula is C13H24N2O2. The van der Waals surface area contributed by atoms with Crippen molar-refractivity contribution in [3.8, 4) is 0 Å². The summed E-state index contributed by atoms with van der Waals surface area (Å²) in [6.45, 7) is 2.56. The lowest BCUT2D eigenvalue weighted by Gasteiger charge is -2.30. The highest BCUT2D eigenvalue weighted by atomic mass is 16.3. The number of hydrogen-bond acceptors (Lipinski definition) is 3. The fourth-order valence-corrected chi connectivity index (χ4v) is 3.09. The van der Waals surface area contributed by atoms with Crippen molar-refractivity contribution in [3.05, 3.63) is 0 Å². The van der Waals surface area contributed by atoms with Gasteiger partial charge in [0.1, 0.15) is 0 Å². The SMILES string of the molecule is NCC1CCC(C(=O)N2CCC(CO)C2)CC1. The molecule has 98 valence electrons. The molecule has 1 atom stereocenters. The van der Waals surface area contributed by atoms with Crippen LogP contribution in [0.5, 0.6) is 0 Å². The third-order valence-corrected chi connectivity index (χ3v) is 4.39. The number of amides is 1. The van der Waals surface area contributed by atoms with Gasteiger partial charge in [0.25, 0.3) is 0 Å². The van der Waals surface area contributed by atoms with Crippen LogP contribution in [0.3, 0.4) is 0 Å². The average Bonchev–Trinajstić information content (AvgIpc) is 2.87. The first-order chi connectivity index (χ1) is 8.24. The molecule has 1 aliphatic heterocycles. The zero-order valence-electron chi connectivity index (χ0n) is 10.5. The zero-order chi connectivity index (χ0) is 12.3. The van der Waals surface area contributed by atoms with Crippen LogP contribution in [0.2, 0.25) is 0 Å². The Morgan fingerprint density at radius 3 is 2.41 bits per heavy atom. The smallest absolute Gasteiger partial charge is 0.225 e. The van der Waals surface area contributed by atoms with Gasteiger partial charge in [0.2, 0.25) is 5.91 Å². The Morgan fingerprint density at radius 1 is 1.18 bits per heavy atom. The standard InChI is InChI=1S/C13H24N2O2/c14-7-10-1-3-12(4-2-10)13(17)15-6-5-11(8-15)9-16/h10-12,16H,1-9,14H2. The molecule has 1 aliphatic carbocycles. The fourth-order valence-electron chi connectivity index (χ4n) is 3.09. The first kappa shape index (κ1) is 12.8. The molecule has 1 saturated carbocycles. The molecule has 1 unspecified atom stereocenters. The summed E-state index contributed by atoms with van der Waals surface area (Å²) in [6.07, 6.45) is 5.16. The van der Waals surface area contributed by atoms with E-state index in [4.69, 9.17) is 10.8 Å². The normalized spacial score (nSPS) is 34.0. The van der Waals surface area contributed by atoms with Crippen LogP contribution in [0.15, 0.2) is 0 Å². The Kier molecular flexibility index (Phi) is 4.40. The van der Waals surface area contributed by atoms with Crippen LogP contribution in [-0.2, 0) is 4.79 Å². The van der Waals surface area contributed by atoms with E-state index >= 15 is 0 Å². The number of rotatable bonds is 3. The third-order valence-electron chi connectivity index (χ3n) is 4.39. The Bertz CT molecular complexity index is 262. The van der Waals surface area contributed by atoms with Gasteiger partial charge in [-0.25, -0.2) is 0 Å². The number of aliphatic hydroxyl groups is 1. The highest BCUT2D eigenvalue weighted by molar-refractivity contribution is 5.79. The number of carbonyl (C=O) groups excluding carboxylic acids is 1. The molecule has 0 radical (unpaired) electrons. The lowest BCUT2D eigenvalue weighted by Crippen LogP contribution is -2.37. The van der Waals surface area contributed by atoms with E-state index < -0.39 is 0 Å². The Hall–Kier alpha value is -0.610.